The molecule has 0 bridgehead atoms. The Morgan fingerprint density at radius 3 is 2.40 bits per heavy atom. The maximum atomic E-state index is 12.7. The number of aromatic nitrogens is 4. The molecule has 2 rings (SSSR count). The molecule has 0 saturated heterocycles. The second-order valence-corrected chi connectivity index (χ2v) is 6.06. The van der Waals surface area contributed by atoms with E-state index in [1.54, 1.807) is 0 Å². The molecule has 2 aromatic rings. The summed E-state index contributed by atoms with van der Waals surface area (Å²) >= 11 is 7.04. The van der Waals surface area contributed by atoms with Gasteiger partial charge in [0.25, 0.3) is 0 Å². The first-order valence-electron chi connectivity index (χ1n) is 5.82. The third kappa shape index (κ3) is 2.95. The molecule has 0 radical (unpaired) electrons. The maximum absolute atomic E-state index is 12.7. The van der Waals surface area contributed by atoms with E-state index in [1.807, 2.05) is 13.8 Å². The molecular formula is C11H12ClF3N4S. The Kier molecular flexibility index (Phi) is 4.06. The van der Waals surface area contributed by atoms with Crippen LogP contribution < -0.4 is 0 Å². The van der Waals surface area contributed by atoms with Crippen LogP contribution in [0.5, 0.6) is 0 Å². The Balaban J connectivity index is 2.30. The second-order valence-electron chi connectivity index (χ2n) is 4.59. The highest BCUT2D eigenvalue weighted by Crippen LogP contribution is 2.35. The topological polar surface area (TPSA) is 43.6 Å². The summed E-state index contributed by atoms with van der Waals surface area (Å²) in [4.78, 5) is 0. The molecule has 0 N–H and O–H groups in total. The van der Waals surface area contributed by atoms with Gasteiger partial charge in [-0.25, -0.2) is 0 Å². The van der Waals surface area contributed by atoms with E-state index in [0.29, 0.717) is 5.01 Å². The Labute approximate surface area is 122 Å². The highest BCUT2D eigenvalue weighted by Gasteiger charge is 2.38. The average molecular weight is 325 g/mol. The summed E-state index contributed by atoms with van der Waals surface area (Å²) in [5, 5.41) is 12.6. The second kappa shape index (κ2) is 5.33. The van der Waals surface area contributed by atoms with Gasteiger partial charge >= 0.3 is 6.18 Å². The molecule has 0 atom stereocenters. The first kappa shape index (κ1) is 15.2. The van der Waals surface area contributed by atoms with Crippen molar-refractivity contribution in [3.05, 3.63) is 26.4 Å². The summed E-state index contributed by atoms with van der Waals surface area (Å²) in [5.74, 6) is 0.231. The van der Waals surface area contributed by atoms with Crippen molar-refractivity contribution in [2.24, 2.45) is 0 Å². The van der Waals surface area contributed by atoms with E-state index >= 15 is 0 Å². The van der Waals surface area contributed by atoms with E-state index < -0.39 is 11.9 Å². The molecule has 0 saturated carbocycles. The maximum Gasteiger partial charge on any atom is 0.436 e. The van der Waals surface area contributed by atoms with Crippen molar-refractivity contribution in [2.75, 3.05) is 0 Å². The minimum absolute atomic E-state index is 0.131. The van der Waals surface area contributed by atoms with Gasteiger partial charge in [-0.2, -0.15) is 18.3 Å². The fourth-order valence-electron chi connectivity index (χ4n) is 1.55. The first-order chi connectivity index (χ1) is 9.20. The van der Waals surface area contributed by atoms with E-state index in [1.165, 1.54) is 22.9 Å². The lowest BCUT2D eigenvalue weighted by Gasteiger charge is -2.01. The van der Waals surface area contributed by atoms with Crippen LogP contribution in [0.1, 0.15) is 41.2 Å². The molecule has 20 heavy (non-hydrogen) atoms. The van der Waals surface area contributed by atoms with Crippen LogP contribution >= 0.6 is 22.9 Å². The van der Waals surface area contributed by atoms with Crippen molar-refractivity contribution in [1.82, 2.24) is 20.0 Å². The van der Waals surface area contributed by atoms with Crippen molar-refractivity contribution >= 4 is 22.9 Å². The largest absolute Gasteiger partial charge is 0.436 e. The van der Waals surface area contributed by atoms with Crippen LogP contribution in [0.15, 0.2) is 0 Å². The van der Waals surface area contributed by atoms with Gasteiger partial charge in [-0.05, 0) is 6.92 Å². The smallest absolute Gasteiger partial charge is 0.261 e. The van der Waals surface area contributed by atoms with Crippen LogP contribution in [0.4, 0.5) is 13.2 Å². The molecular weight excluding hydrogens is 313 g/mol. The van der Waals surface area contributed by atoms with Gasteiger partial charge in [-0.3, -0.25) is 4.68 Å². The molecule has 9 heteroatoms. The Bertz CT molecular complexity index is 618. The van der Waals surface area contributed by atoms with Crippen molar-refractivity contribution in [1.29, 1.82) is 0 Å². The lowest BCUT2D eigenvalue weighted by Crippen LogP contribution is -2.09. The fourth-order valence-corrected chi connectivity index (χ4v) is 2.62. The van der Waals surface area contributed by atoms with Gasteiger partial charge in [-0.1, -0.05) is 36.8 Å². The van der Waals surface area contributed by atoms with Crippen LogP contribution in [0.25, 0.3) is 0 Å². The number of nitrogens with zero attached hydrogens (tertiary/aromatic N) is 4. The molecule has 0 aliphatic heterocycles. The van der Waals surface area contributed by atoms with E-state index in [-0.39, 0.29) is 23.2 Å². The monoisotopic (exact) mass is 324 g/mol. The normalized spacial score (nSPS) is 12.4. The van der Waals surface area contributed by atoms with Gasteiger partial charge in [0.05, 0.1) is 17.3 Å². The van der Waals surface area contributed by atoms with Gasteiger partial charge in [0.15, 0.2) is 5.69 Å². The molecule has 110 valence electrons. The number of halogens is 4. The van der Waals surface area contributed by atoms with Gasteiger partial charge in [-0.15, -0.1) is 10.2 Å². The molecule has 0 aromatic carbocycles. The van der Waals surface area contributed by atoms with E-state index in [4.69, 9.17) is 11.6 Å². The Hall–Kier alpha value is -1.15. The van der Waals surface area contributed by atoms with Gasteiger partial charge in [0.1, 0.15) is 10.0 Å². The zero-order valence-electron chi connectivity index (χ0n) is 11.0. The molecule has 4 nitrogen and oxygen atoms in total. The summed E-state index contributed by atoms with van der Waals surface area (Å²) in [6.45, 7) is 5.57. The van der Waals surface area contributed by atoms with E-state index in [2.05, 4.69) is 15.3 Å². The lowest BCUT2D eigenvalue weighted by molar-refractivity contribution is -0.141. The zero-order valence-corrected chi connectivity index (χ0v) is 12.6. The Morgan fingerprint density at radius 2 is 1.95 bits per heavy atom. The number of hydrogen-bond donors (Lipinski definition) is 0. The van der Waals surface area contributed by atoms with Crippen LogP contribution in [-0.4, -0.2) is 20.0 Å². The van der Waals surface area contributed by atoms with Crippen LogP contribution in [0.3, 0.4) is 0 Å². The quantitative estimate of drug-likeness (QED) is 0.860. The van der Waals surface area contributed by atoms with Gasteiger partial charge < -0.3 is 0 Å². The number of hydrogen-bond acceptors (Lipinski definition) is 4. The standard InChI is InChI=1S/C11H12ClF3N4S/c1-5(2)10-17-16-7(20-10)4-19-6(3)8(12)9(18-19)11(13,14)15/h5H,4H2,1-3H3. The van der Waals surface area contributed by atoms with Gasteiger partial charge in [0, 0.05) is 5.92 Å². The number of rotatable bonds is 3. The van der Waals surface area contributed by atoms with Crippen molar-refractivity contribution < 1.29 is 13.2 Å². The molecule has 0 unspecified atom stereocenters. The molecule has 0 fully saturated rings. The molecule has 0 aliphatic rings. The third-order valence-electron chi connectivity index (χ3n) is 2.66. The SMILES string of the molecule is Cc1c(Cl)c(C(F)(F)F)nn1Cc1nnc(C(C)C)s1. The molecule has 0 spiro atoms. The average Bonchev–Trinajstić information content (AvgIpc) is 2.89. The van der Waals surface area contributed by atoms with E-state index in [0.717, 1.165) is 5.01 Å². The highest BCUT2D eigenvalue weighted by molar-refractivity contribution is 7.11. The summed E-state index contributed by atoms with van der Waals surface area (Å²) < 4.78 is 39.3. The predicted molar refractivity (Wildman–Crippen MR) is 70.1 cm³/mol. The lowest BCUT2D eigenvalue weighted by atomic mass is 10.2. The summed E-state index contributed by atoms with van der Waals surface area (Å²) in [7, 11) is 0. The van der Waals surface area contributed by atoms with Gasteiger partial charge in [0.2, 0.25) is 0 Å². The minimum Gasteiger partial charge on any atom is -0.261 e. The third-order valence-corrected chi connectivity index (χ3v) is 4.32. The van der Waals surface area contributed by atoms with Crippen LogP contribution in [0, 0.1) is 6.92 Å². The summed E-state index contributed by atoms with van der Waals surface area (Å²) in [6.07, 6.45) is -4.56. The van der Waals surface area contributed by atoms with Crippen molar-refractivity contribution in [2.45, 2.75) is 39.4 Å². The minimum atomic E-state index is -4.56. The first-order valence-corrected chi connectivity index (χ1v) is 7.02. The van der Waals surface area contributed by atoms with Crippen LogP contribution in [0.2, 0.25) is 5.02 Å². The number of alkyl halides is 3. The predicted octanol–water partition coefficient (Wildman–Crippen LogP) is 3.89. The fraction of sp³-hybridized carbons (Fsp3) is 0.545. The molecule has 0 amide bonds. The Morgan fingerprint density at radius 1 is 1.30 bits per heavy atom. The molecule has 2 aromatic heterocycles. The molecule has 0 aliphatic carbocycles. The molecule has 2 heterocycles. The zero-order chi connectivity index (χ0) is 15.1. The highest BCUT2D eigenvalue weighted by atomic mass is 35.5. The van der Waals surface area contributed by atoms with E-state index in [9.17, 15) is 13.2 Å². The summed E-state index contributed by atoms with van der Waals surface area (Å²) in [6, 6.07) is 0. The van der Waals surface area contributed by atoms with Crippen molar-refractivity contribution in [3.8, 4) is 0 Å². The van der Waals surface area contributed by atoms with Crippen molar-refractivity contribution in [3.63, 3.8) is 0 Å². The van der Waals surface area contributed by atoms with Crippen LogP contribution in [-0.2, 0) is 12.7 Å². The summed E-state index contributed by atoms with van der Waals surface area (Å²) in [5.41, 5.74) is -0.800.